The van der Waals surface area contributed by atoms with Crippen LogP contribution in [0.3, 0.4) is 0 Å². The Morgan fingerprint density at radius 2 is 2.19 bits per heavy atom. The first-order chi connectivity index (χ1) is 9.97. The number of amides is 1. The summed E-state index contributed by atoms with van der Waals surface area (Å²) in [7, 11) is -2.30. The standard InChI is InChI=1S/C13H19N3O4S/c1-14-21(19,20)12-6-5-9(7-15-12)13(18)16-11-4-2-3-10(11)8-17/h5-7,10-11,14,17H,2-4,8H2,1H3,(H,16,18)/t10-,11-/m1/s1. The van der Waals surface area contributed by atoms with Crippen LogP contribution < -0.4 is 10.0 Å². The van der Waals surface area contributed by atoms with Gasteiger partial charge in [0.15, 0.2) is 5.03 Å². The van der Waals surface area contributed by atoms with E-state index in [-0.39, 0.29) is 29.5 Å². The van der Waals surface area contributed by atoms with Crippen LogP contribution >= 0.6 is 0 Å². The van der Waals surface area contributed by atoms with Gasteiger partial charge >= 0.3 is 0 Å². The van der Waals surface area contributed by atoms with E-state index in [0.717, 1.165) is 19.3 Å². The quantitative estimate of drug-likeness (QED) is 0.702. The molecule has 116 valence electrons. The zero-order chi connectivity index (χ0) is 15.5. The molecule has 1 saturated carbocycles. The van der Waals surface area contributed by atoms with Crippen LogP contribution in [0.4, 0.5) is 0 Å². The molecular weight excluding hydrogens is 294 g/mol. The second kappa shape index (κ2) is 6.50. The van der Waals surface area contributed by atoms with Crippen molar-refractivity contribution in [1.82, 2.24) is 15.0 Å². The summed E-state index contributed by atoms with van der Waals surface area (Å²) in [6.45, 7) is 0.0581. The maximum absolute atomic E-state index is 12.1. The number of aliphatic hydroxyl groups is 1. The number of sulfonamides is 1. The summed E-state index contributed by atoms with van der Waals surface area (Å²) >= 11 is 0. The fraction of sp³-hybridized carbons (Fsp3) is 0.538. The maximum atomic E-state index is 12.1. The molecule has 0 aliphatic heterocycles. The average molecular weight is 313 g/mol. The molecule has 0 saturated heterocycles. The first-order valence-electron chi connectivity index (χ1n) is 6.79. The van der Waals surface area contributed by atoms with Crippen LogP contribution in [-0.2, 0) is 10.0 Å². The number of nitrogens with zero attached hydrogens (tertiary/aromatic N) is 1. The van der Waals surface area contributed by atoms with Gasteiger partial charge in [-0.05, 0) is 32.0 Å². The molecular formula is C13H19N3O4S. The number of pyridine rings is 1. The average Bonchev–Trinajstić information content (AvgIpc) is 2.94. The lowest BCUT2D eigenvalue weighted by molar-refractivity contribution is 0.0915. The zero-order valence-corrected chi connectivity index (χ0v) is 12.6. The van der Waals surface area contributed by atoms with Crippen LogP contribution in [0.2, 0.25) is 0 Å². The minimum Gasteiger partial charge on any atom is -0.396 e. The van der Waals surface area contributed by atoms with Crippen LogP contribution in [0.15, 0.2) is 23.4 Å². The van der Waals surface area contributed by atoms with Gasteiger partial charge in [0.25, 0.3) is 15.9 Å². The third-order valence-corrected chi connectivity index (χ3v) is 5.08. The number of aromatic nitrogens is 1. The van der Waals surface area contributed by atoms with Gasteiger partial charge in [-0.15, -0.1) is 0 Å². The molecule has 1 amide bonds. The molecule has 0 bridgehead atoms. The Kier molecular flexibility index (Phi) is 4.92. The van der Waals surface area contributed by atoms with Gasteiger partial charge in [0.2, 0.25) is 0 Å². The predicted octanol–water partition coefficient (Wildman–Crippen LogP) is -0.120. The molecule has 0 spiro atoms. The van der Waals surface area contributed by atoms with Gasteiger partial charge in [-0.1, -0.05) is 6.42 Å². The van der Waals surface area contributed by atoms with E-state index in [0.29, 0.717) is 5.56 Å². The third kappa shape index (κ3) is 3.58. The molecule has 1 aliphatic rings. The van der Waals surface area contributed by atoms with Crippen molar-refractivity contribution < 1.29 is 18.3 Å². The predicted molar refractivity (Wildman–Crippen MR) is 76.2 cm³/mol. The number of carbonyl (C=O) groups excluding carboxylic acids is 1. The second-order valence-corrected chi connectivity index (χ2v) is 6.88. The smallest absolute Gasteiger partial charge is 0.257 e. The molecule has 0 aromatic carbocycles. The van der Waals surface area contributed by atoms with Gasteiger partial charge < -0.3 is 10.4 Å². The molecule has 7 nitrogen and oxygen atoms in total. The number of nitrogens with one attached hydrogen (secondary N) is 2. The Morgan fingerprint density at radius 1 is 1.43 bits per heavy atom. The first kappa shape index (κ1) is 15.9. The van der Waals surface area contributed by atoms with Gasteiger partial charge in [-0.25, -0.2) is 18.1 Å². The summed E-state index contributed by atoms with van der Waals surface area (Å²) in [6, 6.07) is 2.68. The molecule has 3 N–H and O–H groups in total. The van der Waals surface area contributed by atoms with Gasteiger partial charge in [0, 0.05) is 24.8 Å². The molecule has 1 fully saturated rings. The van der Waals surface area contributed by atoms with E-state index < -0.39 is 10.0 Å². The van der Waals surface area contributed by atoms with Crippen LogP contribution in [-0.4, -0.2) is 44.1 Å². The fourth-order valence-corrected chi connectivity index (χ4v) is 3.12. The SMILES string of the molecule is CNS(=O)(=O)c1ccc(C(=O)N[C@@H]2CCC[C@@H]2CO)cn1. The third-order valence-electron chi connectivity index (χ3n) is 3.75. The topological polar surface area (TPSA) is 108 Å². The zero-order valence-electron chi connectivity index (χ0n) is 11.7. The van der Waals surface area contributed by atoms with E-state index in [1.165, 1.54) is 25.4 Å². The van der Waals surface area contributed by atoms with E-state index in [1.807, 2.05) is 0 Å². The highest BCUT2D eigenvalue weighted by Crippen LogP contribution is 2.25. The highest BCUT2D eigenvalue weighted by molar-refractivity contribution is 7.89. The monoisotopic (exact) mass is 313 g/mol. The van der Waals surface area contributed by atoms with E-state index in [4.69, 9.17) is 0 Å². The summed E-state index contributed by atoms with van der Waals surface area (Å²) in [4.78, 5) is 15.9. The Labute approximate surface area is 123 Å². The van der Waals surface area contributed by atoms with E-state index in [9.17, 15) is 18.3 Å². The van der Waals surface area contributed by atoms with Gasteiger partial charge in [-0.2, -0.15) is 0 Å². The number of rotatable bonds is 5. The minimum atomic E-state index is -3.60. The van der Waals surface area contributed by atoms with Crippen LogP contribution in [0.1, 0.15) is 29.6 Å². The van der Waals surface area contributed by atoms with Crippen molar-refractivity contribution >= 4 is 15.9 Å². The largest absolute Gasteiger partial charge is 0.396 e. The molecule has 1 aromatic heterocycles. The molecule has 1 heterocycles. The molecule has 2 rings (SSSR count). The van der Waals surface area contributed by atoms with Crippen molar-refractivity contribution in [1.29, 1.82) is 0 Å². The minimum absolute atomic E-state index is 0.0387. The summed E-state index contributed by atoms with van der Waals surface area (Å²) in [6.07, 6.45) is 3.96. The van der Waals surface area contributed by atoms with E-state index >= 15 is 0 Å². The first-order valence-corrected chi connectivity index (χ1v) is 8.27. The molecule has 0 radical (unpaired) electrons. The van der Waals surface area contributed by atoms with Crippen molar-refractivity contribution in [3.05, 3.63) is 23.9 Å². The Balaban J connectivity index is 2.07. The van der Waals surface area contributed by atoms with Crippen LogP contribution in [0.5, 0.6) is 0 Å². The molecule has 1 aliphatic carbocycles. The summed E-state index contributed by atoms with van der Waals surface area (Å²) in [5, 5.41) is 12.0. The lowest BCUT2D eigenvalue weighted by Gasteiger charge is -2.18. The second-order valence-electron chi connectivity index (χ2n) is 5.05. The van der Waals surface area contributed by atoms with Gasteiger partial charge in [-0.3, -0.25) is 4.79 Å². The summed E-state index contributed by atoms with van der Waals surface area (Å²) in [5.41, 5.74) is 0.300. The molecule has 2 atom stereocenters. The Morgan fingerprint density at radius 3 is 2.76 bits per heavy atom. The molecule has 1 aromatic rings. The van der Waals surface area contributed by atoms with Crippen molar-refractivity contribution in [3.8, 4) is 0 Å². The van der Waals surface area contributed by atoms with E-state index in [1.54, 1.807) is 0 Å². The van der Waals surface area contributed by atoms with Crippen molar-refractivity contribution in [2.45, 2.75) is 30.3 Å². The van der Waals surface area contributed by atoms with Crippen molar-refractivity contribution in [2.24, 2.45) is 5.92 Å². The van der Waals surface area contributed by atoms with Crippen LogP contribution in [0.25, 0.3) is 0 Å². The normalized spacial score (nSPS) is 22.2. The number of carbonyl (C=O) groups is 1. The Hall–Kier alpha value is -1.51. The summed E-state index contributed by atoms with van der Waals surface area (Å²) < 4.78 is 25.2. The number of hydrogen-bond acceptors (Lipinski definition) is 5. The molecule has 0 unspecified atom stereocenters. The lowest BCUT2D eigenvalue weighted by atomic mass is 10.0. The van der Waals surface area contributed by atoms with Gasteiger partial charge in [0.1, 0.15) is 0 Å². The van der Waals surface area contributed by atoms with E-state index in [2.05, 4.69) is 15.0 Å². The maximum Gasteiger partial charge on any atom is 0.257 e. The van der Waals surface area contributed by atoms with Crippen molar-refractivity contribution in [3.63, 3.8) is 0 Å². The highest BCUT2D eigenvalue weighted by atomic mass is 32.2. The molecule has 21 heavy (non-hydrogen) atoms. The Bertz CT molecular complexity index is 600. The van der Waals surface area contributed by atoms with Crippen molar-refractivity contribution in [2.75, 3.05) is 13.7 Å². The van der Waals surface area contributed by atoms with Crippen LogP contribution in [0, 0.1) is 5.92 Å². The molecule has 8 heteroatoms. The van der Waals surface area contributed by atoms with Gasteiger partial charge in [0.05, 0.1) is 5.56 Å². The summed E-state index contributed by atoms with van der Waals surface area (Å²) in [5.74, 6) is -0.216. The fourth-order valence-electron chi connectivity index (χ4n) is 2.48. The number of hydrogen-bond donors (Lipinski definition) is 3. The number of aliphatic hydroxyl groups excluding tert-OH is 1. The highest BCUT2D eigenvalue weighted by Gasteiger charge is 2.28. The lowest BCUT2D eigenvalue weighted by Crippen LogP contribution is -2.38.